The number of benzene rings is 2. The Balaban J connectivity index is 1.68. The molecule has 1 amide bonds. The molecule has 0 saturated carbocycles. The lowest BCUT2D eigenvalue weighted by atomic mass is 10.1. The van der Waals surface area contributed by atoms with Crippen molar-refractivity contribution in [3.05, 3.63) is 58.6 Å². The highest BCUT2D eigenvalue weighted by molar-refractivity contribution is 7.13. The topological polar surface area (TPSA) is 69.7 Å². The first-order valence-electron chi connectivity index (χ1n) is 9.16. The summed E-state index contributed by atoms with van der Waals surface area (Å²) in [5.41, 5.74) is 3.47. The summed E-state index contributed by atoms with van der Waals surface area (Å²) < 4.78 is 16.2. The Bertz CT molecular complexity index is 975. The molecular weight excluding hydrogens is 388 g/mol. The van der Waals surface area contributed by atoms with E-state index in [9.17, 15) is 4.79 Å². The van der Waals surface area contributed by atoms with E-state index in [4.69, 9.17) is 14.2 Å². The van der Waals surface area contributed by atoms with Gasteiger partial charge in [-0.05, 0) is 30.7 Å². The van der Waals surface area contributed by atoms with Crippen molar-refractivity contribution in [2.45, 2.75) is 13.3 Å². The van der Waals surface area contributed by atoms with Gasteiger partial charge in [0.1, 0.15) is 5.01 Å². The summed E-state index contributed by atoms with van der Waals surface area (Å²) in [6, 6.07) is 11.3. The van der Waals surface area contributed by atoms with Gasteiger partial charge in [-0.25, -0.2) is 4.98 Å². The van der Waals surface area contributed by atoms with Crippen molar-refractivity contribution in [2.24, 2.45) is 0 Å². The molecule has 1 heterocycles. The second-order valence-corrected chi connectivity index (χ2v) is 7.24. The average molecular weight is 413 g/mol. The van der Waals surface area contributed by atoms with Gasteiger partial charge in [-0.2, -0.15) is 0 Å². The van der Waals surface area contributed by atoms with Crippen LogP contribution in [-0.2, 0) is 6.42 Å². The van der Waals surface area contributed by atoms with Gasteiger partial charge in [-0.3, -0.25) is 4.79 Å². The van der Waals surface area contributed by atoms with Gasteiger partial charge in [-0.15, -0.1) is 11.3 Å². The van der Waals surface area contributed by atoms with E-state index in [0.29, 0.717) is 35.8 Å². The molecule has 0 unspecified atom stereocenters. The Labute approximate surface area is 174 Å². The summed E-state index contributed by atoms with van der Waals surface area (Å²) in [7, 11) is 4.75. The van der Waals surface area contributed by atoms with Crippen LogP contribution in [0.4, 0.5) is 0 Å². The van der Waals surface area contributed by atoms with Crippen LogP contribution < -0.4 is 19.5 Å². The zero-order chi connectivity index (χ0) is 20.8. The highest BCUT2D eigenvalue weighted by Crippen LogP contribution is 2.41. The van der Waals surface area contributed by atoms with Crippen molar-refractivity contribution in [1.29, 1.82) is 0 Å². The molecule has 0 aliphatic rings. The molecule has 0 aliphatic heterocycles. The summed E-state index contributed by atoms with van der Waals surface area (Å²) in [5.74, 6) is 1.66. The molecule has 0 spiro atoms. The minimum absolute atomic E-state index is 0.0665. The van der Waals surface area contributed by atoms with E-state index in [-0.39, 0.29) is 5.91 Å². The first kappa shape index (κ1) is 20.7. The van der Waals surface area contributed by atoms with Gasteiger partial charge in [0.25, 0.3) is 5.91 Å². The molecule has 0 atom stereocenters. The predicted molar refractivity (Wildman–Crippen MR) is 114 cm³/mol. The molecule has 0 saturated heterocycles. The summed E-state index contributed by atoms with van der Waals surface area (Å²) in [6.07, 6.45) is 0.651. The SMILES string of the molecule is COc1cc(-c2nc(CCNC(=O)c3ccccc3C)cs2)cc(OC)c1OC. The number of methoxy groups -OCH3 is 3. The van der Waals surface area contributed by atoms with E-state index in [1.807, 2.05) is 48.7 Å². The first-order chi connectivity index (χ1) is 14.1. The van der Waals surface area contributed by atoms with E-state index in [1.165, 1.54) is 11.3 Å². The Morgan fingerprint density at radius 2 is 1.76 bits per heavy atom. The number of hydrogen-bond donors (Lipinski definition) is 1. The lowest BCUT2D eigenvalue weighted by Crippen LogP contribution is -2.26. The van der Waals surface area contributed by atoms with Crippen LogP contribution in [0.2, 0.25) is 0 Å². The van der Waals surface area contributed by atoms with Crippen LogP contribution in [-0.4, -0.2) is 38.8 Å². The quantitative estimate of drug-likeness (QED) is 0.603. The maximum atomic E-state index is 12.3. The minimum atomic E-state index is -0.0665. The highest BCUT2D eigenvalue weighted by atomic mass is 32.1. The van der Waals surface area contributed by atoms with Crippen LogP contribution in [0.1, 0.15) is 21.6 Å². The van der Waals surface area contributed by atoms with Gasteiger partial charge in [0.2, 0.25) is 5.75 Å². The third-order valence-electron chi connectivity index (χ3n) is 4.52. The number of rotatable bonds is 8. The number of hydrogen-bond acceptors (Lipinski definition) is 6. The second kappa shape index (κ2) is 9.43. The molecule has 2 aromatic carbocycles. The molecule has 0 bridgehead atoms. The van der Waals surface area contributed by atoms with Crippen molar-refractivity contribution >= 4 is 17.2 Å². The minimum Gasteiger partial charge on any atom is -0.493 e. The van der Waals surface area contributed by atoms with E-state index in [1.54, 1.807) is 21.3 Å². The molecule has 1 aromatic heterocycles. The largest absolute Gasteiger partial charge is 0.493 e. The maximum absolute atomic E-state index is 12.3. The van der Waals surface area contributed by atoms with Gasteiger partial charge in [-0.1, -0.05) is 18.2 Å². The van der Waals surface area contributed by atoms with Gasteiger partial charge < -0.3 is 19.5 Å². The third-order valence-corrected chi connectivity index (χ3v) is 5.46. The van der Waals surface area contributed by atoms with E-state index >= 15 is 0 Å². The predicted octanol–water partition coefficient (Wildman–Crippen LogP) is 4.12. The summed E-state index contributed by atoms with van der Waals surface area (Å²) >= 11 is 1.54. The van der Waals surface area contributed by atoms with Crippen LogP contribution >= 0.6 is 11.3 Å². The molecule has 0 radical (unpaired) electrons. The molecule has 1 N–H and O–H groups in total. The number of aryl methyl sites for hydroxylation is 1. The van der Waals surface area contributed by atoms with Crippen molar-refractivity contribution in [2.75, 3.05) is 27.9 Å². The Morgan fingerprint density at radius 1 is 1.07 bits per heavy atom. The molecule has 6 nitrogen and oxygen atoms in total. The molecule has 0 aliphatic carbocycles. The van der Waals surface area contributed by atoms with E-state index < -0.39 is 0 Å². The smallest absolute Gasteiger partial charge is 0.251 e. The molecule has 3 rings (SSSR count). The standard InChI is InChI=1S/C22H24N2O4S/c1-14-7-5-6-8-17(14)21(25)23-10-9-16-13-29-22(24-16)15-11-18(26-2)20(28-4)19(12-15)27-3/h5-8,11-13H,9-10H2,1-4H3,(H,23,25). The van der Waals surface area contributed by atoms with Gasteiger partial charge >= 0.3 is 0 Å². The Kier molecular flexibility index (Phi) is 6.72. The summed E-state index contributed by atoms with van der Waals surface area (Å²) in [6.45, 7) is 2.45. The monoisotopic (exact) mass is 412 g/mol. The highest BCUT2D eigenvalue weighted by Gasteiger charge is 2.16. The Morgan fingerprint density at radius 3 is 2.38 bits per heavy atom. The summed E-state index contributed by atoms with van der Waals surface area (Å²) in [4.78, 5) is 17.0. The molecule has 29 heavy (non-hydrogen) atoms. The number of carbonyl (C=O) groups is 1. The molecule has 3 aromatic rings. The van der Waals surface area contributed by atoms with Crippen LogP contribution in [0.5, 0.6) is 17.2 Å². The van der Waals surface area contributed by atoms with Crippen molar-refractivity contribution in [1.82, 2.24) is 10.3 Å². The number of thiazole rings is 1. The van der Waals surface area contributed by atoms with Crippen LogP contribution in [0.25, 0.3) is 10.6 Å². The second-order valence-electron chi connectivity index (χ2n) is 6.38. The van der Waals surface area contributed by atoms with Gasteiger partial charge in [0.15, 0.2) is 11.5 Å². The first-order valence-corrected chi connectivity index (χ1v) is 10.0. The number of nitrogens with one attached hydrogen (secondary N) is 1. The number of amides is 1. The fourth-order valence-corrected chi connectivity index (χ4v) is 3.83. The maximum Gasteiger partial charge on any atom is 0.251 e. The van der Waals surface area contributed by atoms with E-state index in [0.717, 1.165) is 21.8 Å². The van der Waals surface area contributed by atoms with Crippen LogP contribution in [0.3, 0.4) is 0 Å². The number of nitrogens with zero attached hydrogens (tertiary/aromatic N) is 1. The van der Waals surface area contributed by atoms with Gasteiger partial charge in [0.05, 0.1) is 27.0 Å². The van der Waals surface area contributed by atoms with Crippen LogP contribution in [0, 0.1) is 6.92 Å². The lowest BCUT2D eigenvalue weighted by Gasteiger charge is -2.13. The fourth-order valence-electron chi connectivity index (χ4n) is 2.99. The summed E-state index contributed by atoms with van der Waals surface area (Å²) in [5, 5.41) is 5.81. The van der Waals surface area contributed by atoms with E-state index in [2.05, 4.69) is 10.3 Å². The van der Waals surface area contributed by atoms with Crippen LogP contribution in [0.15, 0.2) is 41.8 Å². The van der Waals surface area contributed by atoms with Crippen molar-refractivity contribution < 1.29 is 19.0 Å². The zero-order valence-corrected chi connectivity index (χ0v) is 17.8. The molecule has 7 heteroatoms. The third kappa shape index (κ3) is 4.68. The van der Waals surface area contributed by atoms with Crippen molar-refractivity contribution in [3.8, 4) is 27.8 Å². The molecule has 0 fully saturated rings. The number of carbonyl (C=O) groups excluding carboxylic acids is 1. The fraction of sp³-hybridized carbons (Fsp3) is 0.273. The number of ether oxygens (including phenoxy) is 3. The molecule has 152 valence electrons. The lowest BCUT2D eigenvalue weighted by molar-refractivity contribution is 0.0953. The number of aromatic nitrogens is 1. The van der Waals surface area contributed by atoms with Gasteiger partial charge in [0, 0.05) is 29.5 Å². The zero-order valence-electron chi connectivity index (χ0n) is 16.9. The van der Waals surface area contributed by atoms with Crippen molar-refractivity contribution in [3.63, 3.8) is 0 Å². The average Bonchev–Trinajstić information content (AvgIpc) is 3.21. The molecular formula is C22H24N2O4S. The Hall–Kier alpha value is -3.06. The normalized spacial score (nSPS) is 10.5.